The molecular weight excluding hydrogens is 426 g/mol. The highest BCUT2D eigenvalue weighted by Crippen LogP contribution is 2.40. The standard InChI is InChI=1S/C16H8F6N4O4/c17-4-6(19)14(8(21)12(27)10(4)23)29-3-1-2-25-16(26-3)30-15-7(20)5(18)11(24)13(28)9(15)22/h1-2,27-28H,23-24H2. The van der Waals surface area contributed by atoms with Crippen LogP contribution in [-0.2, 0) is 0 Å². The fourth-order valence-corrected chi connectivity index (χ4v) is 2.09. The number of hydrogen-bond acceptors (Lipinski definition) is 8. The van der Waals surface area contributed by atoms with Gasteiger partial charge in [-0.1, -0.05) is 0 Å². The second-order valence-electron chi connectivity index (χ2n) is 5.45. The average molecular weight is 434 g/mol. The summed E-state index contributed by atoms with van der Waals surface area (Å²) in [4.78, 5) is 6.82. The fourth-order valence-electron chi connectivity index (χ4n) is 2.09. The van der Waals surface area contributed by atoms with Crippen LogP contribution in [0.1, 0.15) is 0 Å². The number of hydrogen-bond donors (Lipinski definition) is 4. The van der Waals surface area contributed by atoms with Gasteiger partial charge in [0, 0.05) is 12.3 Å². The molecular formula is C16H8F6N4O4. The Balaban J connectivity index is 1.99. The lowest BCUT2D eigenvalue weighted by Crippen LogP contribution is -2.05. The fraction of sp³-hybridized carbons (Fsp3) is 0. The lowest BCUT2D eigenvalue weighted by atomic mass is 10.2. The molecule has 158 valence electrons. The predicted octanol–water partition coefficient (Wildman–Crippen LogP) is 3.47. The van der Waals surface area contributed by atoms with Gasteiger partial charge in [0.25, 0.3) is 0 Å². The topological polar surface area (TPSA) is 137 Å². The molecule has 0 fully saturated rings. The van der Waals surface area contributed by atoms with Crippen molar-refractivity contribution in [1.82, 2.24) is 9.97 Å². The van der Waals surface area contributed by atoms with E-state index in [1.165, 1.54) is 0 Å². The number of phenolic OH excluding ortho intramolecular Hbond substituents is 2. The quantitative estimate of drug-likeness (QED) is 0.212. The van der Waals surface area contributed by atoms with Crippen LogP contribution in [0.4, 0.5) is 37.7 Å². The Kier molecular flexibility index (Phi) is 5.07. The molecule has 0 bridgehead atoms. The Morgan fingerprint density at radius 1 is 0.700 bits per heavy atom. The minimum atomic E-state index is -1.93. The van der Waals surface area contributed by atoms with Gasteiger partial charge in [-0.15, -0.1) is 0 Å². The van der Waals surface area contributed by atoms with Gasteiger partial charge in [-0.05, 0) is 0 Å². The van der Waals surface area contributed by atoms with E-state index in [-0.39, 0.29) is 0 Å². The van der Waals surface area contributed by atoms with Gasteiger partial charge in [0.1, 0.15) is 11.4 Å². The SMILES string of the molecule is Nc1c(O)c(F)c(Oc2ccnc(Oc3c(F)c(O)c(N)c(F)c3F)n2)c(F)c1F. The molecule has 0 amide bonds. The second kappa shape index (κ2) is 7.38. The Bertz CT molecular complexity index is 1030. The Morgan fingerprint density at radius 2 is 1.17 bits per heavy atom. The van der Waals surface area contributed by atoms with E-state index in [4.69, 9.17) is 16.2 Å². The maximum absolute atomic E-state index is 14.0. The number of phenols is 2. The van der Waals surface area contributed by atoms with Crippen molar-refractivity contribution < 1.29 is 46.0 Å². The van der Waals surface area contributed by atoms with Crippen molar-refractivity contribution in [2.24, 2.45) is 0 Å². The highest BCUT2D eigenvalue weighted by Gasteiger charge is 2.27. The molecule has 3 rings (SSSR count). The van der Waals surface area contributed by atoms with Crippen LogP contribution in [0.2, 0.25) is 0 Å². The van der Waals surface area contributed by atoms with E-state index >= 15 is 0 Å². The highest BCUT2D eigenvalue weighted by atomic mass is 19.2. The summed E-state index contributed by atoms with van der Waals surface area (Å²) >= 11 is 0. The van der Waals surface area contributed by atoms with E-state index in [9.17, 15) is 36.6 Å². The molecule has 30 heavy (non-hydrogen) atoms. The Labute approximate surface area is 161 Å². The third-order valence-corrected chi connectivity index (χ3v) is 3.59. The summed E-state index contributed by atoms with van der Waals surface area (Å²) in [5, 5.41) is 18.7. The first kappa shape index (κ1) is 20.6. The molecule has 0 saturated carbocycles. The minimum Gasteiger partial charge on any atom is -0.503 e. The molecule has 0 radical (unpaired) electrons. The zero-order valence-electron chi connectivity index (χ0n) is 14.2. The lowest BCUT2D eigenvalue weighted by Gasteiger charge is -2.12. The number of nitrogens with zero attached hydrogens (tertiary/aromatic N) is 2. The molecule has 2 aromatic carbocycles. The van der Waals surface area contributed by atoms with Crippen molar-refractivity contribution in [2.75, 3.05) is 11.5 Å². The van der Waals surface area contributed by atoms with Crippen LogP contribution in [0.15, 0.2) is 12.3 Å². The smallest absolute Gasteiger partial charge is 0.325 e. The molecule has 3 aromatic rings. The summed E-state index contributed by atoms with van der Waals surface area (Å²) in [5.74, 6) is -17.6. The van der Waals surface area contributed by atoms with E-state index in [1.807, 2.05) is 0 Å². The number of nitrogens with two attached hydrogens (primary N) is 2. The number of aromatic nitrogens is 2. The first-order valence-corrected chi connectivity index (χ1v) is 7.53. The average Bonchev–Trinajstić information content (AvgIpc) is 2.74. The predicted molar refractivity (Wildman–Crippen MR) is 87.0 cm³/mol. The van der Waals surface area contributed by atoms with Gasteiger partial charge in [-0.2, -0.15) is 22.5 Å². The van der Waals surface area contributed by atoms with Gasteiger partial charge >= 0.3 is 6.01 Å². The van der Waals surface area contributed by atoms with Crippen LogP contribution >= 0.6 is 0 Å². The molecule has 14 heteroatoms. The number of aromatic hydroxyl groups is 2. The molecule has 8 nitrogen and oxygen atoms in total. The van der Waals surface area contributed by atoms with Gasteiger partial charge in [0.05, 0.1) is 0 Å². The molecule has 0 saturated heterocycles. The largest absolute Gasteiger partial charge is 0.503 e. The van der Waals surface area contributed by atoms with Crippen molar-refractivity contribution in [3.05, 3.63) is 47.2 Å². The molecule has 0 aliphatic carbocycles. The molecule has 0 aliphatic heterocycles. The zero-order chi connectivity index (χ0) is 22.3. The van der Waals surface area contributed by atoms with Crippen molar-refractivity contribution in [3.8, 4) is 34.9 Å². The van der Waals surface area contributed by atoms with Crippen LogP contribution in [0.3, 0.4) is 0 Å². The molecule has 6 N–H and O–H groups in total. The molecule has 1 heterocycles. The molecule has 0 aliphatic rings. The second-order valence-corrected chi connectivity index (χ2v) is 5.45. The monoisotopic (exact) mass is 434 g/mol. The summed E-state index contributed by atoms with van der Waals surface area (Å²) in [6.07, 6.45) is 0.824. The van der Waals surface area contributed by atoms with E-state index in [1.54, 1.807) is 0 Å². The van der Waals surface area contributed by atoms with Crippen LogP contribution in [0.5, 0.6) is 34.9 Å². The van der Waals surface area contributed by atoms with Crippen molar-refractivity contribution in [2.45, 2.75) is 0 Å². The Morgan fingerprint density at radius 3 is 1.67 bits per heavy atom. The highest BCUT2D eigenvalue weighted by molar-refractivity contribution is 5.59. The molecule has 0 unspecified atom stereocenters. The van der Waals surface area contributed by atoms with Gasteiger partial charge in [0.2, 0.25) is 40.6 Å². The number of rotatable bonds is 4. The summed E-state index contributed by atoms with van der Waals surface area (Å²) in [6.45, 7) is 0. The summed E-state index contributed by atoms with van der Waals surface area (Å²) < 4.78 is 92.1. The normalized spacial score (nSPS) is 10.9. The van der Waals surface area contributed by atoms with Crippen LogP contribution in [-0.4, -0.2) is 20.2 Å². The number of anilines is 2. The summed E-state index contributed by atoms with van der Waals surface area (Å²) in [6, 6.07) is -0.0695. The number of nitrogen functional groups attached to an aromatic ring is 2. The third-order valence-electron chi connectivity index (χ3n) is 3.59. The van der Waals surface area contributed by atoms with Crippen LogP contribution < -0.4 is 20.9 Å². The van der Waals surface area contributed by atoms with Crippen molar-refractivity contribution in [3.63, 3.8) is 0 Å². The summed E-state index contributed by atoms with van der Waals surface area (Å²) in [5.41, 5.74) is 7.53. The van der Waals surface area contributed by atoms with Gasteiger partial charge in [-0.25, -0.2) is 13.8 Å². The van der Waals surface area contributed by atoms with Crippen LogP contribution in [0, 0.1) is 34.9 Å². The van der Waals surface area contributed by atoms with E-state index in [0.717, 1.165) is 12.3 Å². The number of halogens is 6. The van der Waals surface area contributed by atoms with E-state index < -0.39 is 81.2 Å². The molecule has 1 aromatic heterocycles. The molecule has 0 atom stereocenters. The minimum absolute atomic E-state index is 0.748. The van der Waals surface area contributed by atoms with Crippen molar-refractivity contribution in [1.29, 1.82) is 0 Å². The van der Waals surface area contributed by atoms with Gasteiger partial charge in [0.15, 0.2) is 23.1 Å². The first-order valence-electron chi connectivity index (χ1n) is 7.53. The molecule has 0 spiro atoms. The van der Waals surface area contributed by atoms with Crippen LogP contribution in [0.25, 0.3) is 0 Å². The van der Waals surface area contributed by atoms with E-state index in [0.29, 0.717) is 0 Å². The number of ether oxygens (including phenoxy) is 2. The third kappa shape index (κ3) is 3.27. The Hall–Kier alpha value is -4.10. The summed E-state index contributed by atoms with van der Waals surface area (Å²) in [7, 11) is 0. The number of benzene rings is 2. The van der Waals surface area contributed by atoms with Gasteiger partial charge in [-0.3, -0.25) is 0 Å². The zero-order valence-corrected chi connectivity index (χ0v) is 14.2. The van der Waals surface area contributed by atoms with Gasteiger partial charge < -0.3 is 31.2 Å². The van der Waals surface area contributed by atoms with E-state index in [2.05, 4.69) is 14.7 Å². The lowest BCUT2D eigenvalue weighted by molar-refractivity contribution is 0.332. The van der Waals surface area contributed by atoms with Crippen molar-refractivity contribution >= 4 is 11.4 Å². The maximum atomic E-state index is 14.0. The maximum Gasteiger partial charge on any atom is 0.325 e. The first-order chi connectivity index (χ1) is 14.0.